The van der Waals surface area contributed by atoms with E-state index in [1.54, 1.807) is 24.3 Å². The first-order valence-electron chi connectivity index (χ1n) is 5.84. The Hall–Kier alpha value is -3.12. The number of amidine groups is 1. The monoisotopic (exact) mass is 265 g/mol. The molecule has 1 aliphatic rings. The van der Waals surface area contributed by atoms with Crippen LogP contribution in [0.5, 0.6) is 0 Å². The largest absolute Gasteiger partial charge is 0.385 e. The number of amides is 1. The first-order chi connectivity index (χ1) is 9.56. The fourth-order valence-electron chi connectivity index (χ4n) is 1.84. The second kappa shape index (κ2) is 5.25. The molecule has 0 spiro atoms. The van der Waals surface area contributed by atoms with Gasteiger partial charge in [0, 0.05) is 5.56 Å². The van der Waals surface area contributed by atoms with Gasteiger partial charge in [0.15, 0.2) is 5.57 Å². The van der Waals surface area contributed by atoms with Crippen LogP contribution in [0, 0.1) is 29.6 Å². The highest BCUT2D eigenvalue weighted by Gasteiger charge is 2.28. The van der Waals surface area contributed by atoms with Gasteiger partial charge in [0.1, 0.15) is 23.7 Å². The molecule has 1 heterocycles. The molecule has 0 aromatic heterocycles. The van der Waals surface area contributed by atoms with Crippen molar-refractivity contribution < 1.29 is 4.79 Å². The van der Waals surface area contributed by atoms with Gasteiger partial charge in [0.05, 0.1) is 6.42 Å². The van der Waals surface area contributed by atoms with E-state index in [0.717, 1.165) is 10.6 Å². The molecule has 98 valence electrons. The number of hydrazone groups is 1. The predicted molar refractivity (Wildman–Crippen MR) is 72.4 cm³/mol. The third-order valence-electron chi connectivity index (χ3n) is 2.79. The van der Waals surface area contributed by atoms with Gasteiger partial charge >= 0.3 is 0 Å². The number of nitriles is 2. The van der Waals surface area contributed by atoms with E-state index >= 15 is 0 Å². The van der Waals surface area contributed by atoms with Gasteiger partial charge in [-0.1, -0.05) is 29.8 Å². The van der Waals surface area contributed by atoms with Crippen molar-refractivity contribution in [2.45, 2.75) is 13.3 Å². The average molecular weight is 265 g/mol. The maximum Gasteiger partial charge on any atom is 0.255 e. The highest BCUT2D eigenvalue weighted by Crippen LogP contribution is 2.27. The molecule has 0 saturated carbocycles. The van der Waals surface area contributed by atoms with Gasteiger partial charge in [-0.15, -0.1) is 0 Å². The van der Waals surface area contributed by atoms with Crippen LogP contribution in [0.25, 0.3) is 5.70 Å². The molecule has 1 aromatic rings. The summed E-state index contributed by atoms with van der Waals surface area (Å²) >= 11 is 0. The maximum absolute atomic E-state index is 11.9. The van der Waals surface area contributed by atoms with Crippen molar-refractivity contribution in [2.75, 3.05) is 0 Å². The van der Waals surface area contributed by atoms with E-state index < -0.39 is 0 Å². The van der Waals surface area contributed by atoms with Crippen LogP contribution >= 0.6 is 0 Å². The number of rotatable bonds is 2. The minimum absolute atomic E-state index is 0.0144. The number of carbonyl (C=O) groups is 1. The van der Waals surface area contributed by atoms with E-state index in [0.29, 0.717) is 5.56 Å². The molecule has 1 aliphatic heterocycles. The SMILES string of the molecule is Cc1ccc(C(=C(C#N)C#N)N2N=C(N)CC2=O)cc1. The Morgan fingerprint density at radius 2 is 1.90 bits per heavy atom. The van der Waals surface area contributed by atoms with Gasteiger partial charge < -0.3 is 5.73 Å². The van der Waals surface area contributed by atoms with Crippen molar-refractivity contribution in [3.05, 3.63) is 41.0 Å². The smallest absolute Gasteiger partial charge is 0.255 e. The molecule has 0 bridgehead atoms. The van der Waals surface area contributed by atoms with Crippen LogP contribution in [0.2, 0.25) is 0 Å². The van der Waals surface area contributed by atoms with E-state index in [1.807, 2.05) is 19.1 Å². The van der Waals surface area contributed by atoms with E-state index in [-0.39, 0.29) is 29.4 Å². The lowest BCUT2D eigenvalue weighted by atomic mass is 10.1. The summed E-state index contributed by atoms with van der Waals surface area (Å²) < 4.78 is 0. The first-order valence-corrected chi connectivity index (χ1v) is 5.84. The molecule has 0 atom stereocenters. The second-order valence-electron chi connectivity index (χ2n) is 4.29. The van der Waals surface area contributed by atoms with Gasteiger partial charge in [-0.3, -0.25) is 4.79 Å². The minimum atomic E-state index is -0.360. The van der Waals surface area contributed by atoms with Crippen molar-refractivity contribution in [2.24, 2.45) is 10.8 Å². The van der Waals surface area contributed by atoms with E-state index in [2.05, 4.69) is 5.10 Å². The Morgan fingerprint density at radius 1 is 1.30 bits per heavy atom. The summed E-state index contributed by atoms with van der Waals surface area (Å²) in [4.78, 5) is 11.9. The number of aryl methyl sites for hydroxylation is 1. The molecule has 0 radical (unpaired) electrons. The zero-order chi connectivity index (χ0) is 14.7. The van der Waals surface area contributed by atoms with Crippen LogP contribution in [0.3, 0.4) is 0 Å². The number of benzene rings is 1. The standard InChI is InChI=1S/C14H11N5O/c1-9-2-4-10(5-3-9)14(11(7-15)8-16)19-13(20)6-12(17)18-19/h2-5H,6H2,1H3,(H2,17,18). The fourth-order valence-corrected chi connectivity index (χ4v) is 1.84. The highest BCUT2D eigenvalue weighted by atomic mass is 16.2. The van der Waals surface area contributed by atoms with Gasteiger partial charge in [0.2, 0.25) is 0 Å². The molecule has 1 aromatic carbocycles. The van der Waals surface area contributed by atoms with Crippen LogP contribution in [-0.4, -0.2) is 16.8 Å². The normalized spacial score (nSPS) is 13.4. The van der Waals surface area contributed by atoms with Crippen molar-refractivity contribution in [1.29, 1.82) is 10.5 Å². The Balaban J connectivity index is 2.62. The maximum atomic E-state index is 11.9. The molecule has 0 unspecified atom stereocenters. The number of hydrogen-bond acceptors (Lipinski definition) is 5. The van der Waals surface area contributed by atoms with Crippen molar-refractivity contribution in [3.63, 3.8) is 0 Å². The zero-order valence-electron chi connectivity index (χ0n) is 10.8. The Kier molecular flexibility index (Phi) is 3.49. The van der Waals surface area contributed by atoms with Crippen LogP contribution in [-0.2, 0) is 4.79 Å². The quantitative estimate of drug-likeness (QED) is 0.812. The average Bonchev–Trinajstić information content (AvgIpc) is 2.76. The van der Waals surface area contributed by atoms with Crippen LogP contribution < -0.4 is 5.73 Å². The third kappa shape index (κ3) is 2.36. The van der Waals surface area contributed by atoms with Crippen molar-refractivity contribution >= 4 is 17.4 Å². The molecule has 0 aliphatic carbocycles. The lowest BCUT2D eigenvalue weighted by molar-refractivity contribution is -0.125. The molecule has 20 heavy (non-hydrogen) atoms. The zero-order valence-corrected chi connectivity index (χ0v) is 10.8. The molecule has 6 heteroatoms. The van der Waals surface area contributed by atoms with Crippen molar-refractivity contribution in [1.82, 2.24) is 5.01 Å². The molecular weight excluding hydrogens is 254 g/mol. The van der Waals surface area contributed by atoms with E-state index in [1.165, 1.54) is 0 Å². The summed E-state index contributed by atoms with van der Waals surface area (Å²) in [6.07, 6.45) is -0.0144. The van der Waals surface area contributed by atoms with Crippen LogP contribution in [0.1, 0.15) is 17.5 Å². The molecule has 2 N–H and O–H groups in total. The molecule has 0 fully saturated rings. The summed E-state index contributed by atoms with van der Waals surface area (Å²) in [5, 5.41) is 23.1. The molecule has 0 saturated heterocycles. The second-order valence-corrected chi connectivity index (χ2v) is 4.29. The predicted octanol–water partition coefficient (Wildman–Crippen LogP) is 1.26. The fraction of sp³-hybridized carbons (Fsp3) is 0.143. The van der Waals surface area contributed by atoms with Gasteiger partial charge in [-0.05, 0) is 6.92 Å². The number of hydrogen-bond donors (Lipinski definition) is 1. The summed E-state index contributed by atoms with van der Waals surface area (Å²) in [7, 11) is 0. The van der Waals surface area contributed by atoms with E-state index in [9.17, 15) is 4.79 Å². The summed E-state index contributed by atoms with van der Waals surface area (Å²) in [6, 6.07) is 10.7. The Bertz CT molecular complexity index is 685. The number of carbonyl (C=O) groups excluding carboxylic acids is 1. The summed E-state index contributed by atoms with van der Waals surface area (Å²) in [5.41, 5.74) is 7.12. The topological polar surface area (TPSA) is 106 Å². The van der Waals surface area contributed by atoms with Crippen molar-refractivity contribution in [3.8, 4) is 12.1 Å². The lowest BCUT2D eigenvalue weighted by Crippen LogP contribution is -2.20. The van der Waals surface area contributed by atoms with Crippen LogP contribution in [0.4, 0.5) is 0 Å². The Morgan fingerprint density at radius 3 is 2.35 bits per heavy atom. The van der Waals surface area contributed by atoms with Gasteiger partial charge in [-0.2, -0.15) is 20.6 Å². The first kappa shape index (κ1) is 13.3. The minimum Gasteiger partial charge on any atom is -0.385 e. The summed E-state index contributed by atoms with van der Waals surface area (Å²) in [5.74, 6) is -0.198. The molecule has 6 nitrogen and oxygen atoms in total. The van der Waals surface area contributed by atoms with Gasteiger partial charge in [-0.25, -0.2) is 0 Å². The highest BCUT2D eigenvalue weighted by molar-refractivity contribution is 6.06. The third-order valence-corrected chi connectivity index (χ3v) is 2.79. The lowest BCUT2D eigenvalue weighted by Gasteiger charge is -2.16. The Labute approximate surface area is 116 Å². The van der Waals surface area contributed by atoms with Gasteiger partial charge in [0.25, 0.3) is 5.91 Å². The molecule has 2 rings (SSSR count). The van der Waals surface area contributed by atoms with Crippen LogP contribution in [0.15, 0.2) is 34.9 Å². The number of nitrogens with two attached hydrogens (primary N) is 1. The molecule has 1 amide bonds. The number of nitrogens with zero attached hydrogens (tertiary/aromatic N) is 4. The summed E-state index contributed by atoms with van der Waals surface area (Å²) in [6.45, 7) is 1.92. The molecular formula is C14H11N5O. The number of allylic oxidation sites excluding steroid dienone is 1. The van der Waals surface area contributed by atoms with E-state index in [4.69, 9.17) is 16.3 Å².